The van der Waals surface area contributed by atoms with Crippen LogP contribution in [0.2, 0.25) is 0 Å². The molecule has 7 nitrogen and oxygen atoms in total. The van der Waals surface area contributed by atoms with Crippen LogP contribution < -0.4 is 5.56 Å². The Bertz CT molecular complexity index is 1380. The van der Waals surface area contributed by atoms with Crippen molar-refractivity contribution < 1.29 is 4.79 Å². The lowest BCUT2D eigenvalue weighted by molar-refractivity contribution is 0.0589. The molecule has 4 heterocycles. The van der Waals surface area contributed by atoms with Gasteiger partial charge in [0, 0.05) is 42.9 Å². The van der Waals surface area contributed by atoms with Crippen molar-refractivity contribution in [3.63, 3.8) is 0 Å². The Morgan fingerprint density at radius 1 is 0.848 bits per heavy atom. The van der Waals surface area contributed by atoms with E-state index in [1.165, 1.54) is 0 Å². The largest absolute Gasteiger partial charge is 0.336 e. The Morgan fingerprint density at radius 3 is 2.39 bits per heavy atom. The van der Waals surface area contributed by atoms with Gasteiger partial charge in [-0.3, -0.25) is 9.59 Å². The normalized spacial score (nSPS) is 19.2. The molecule has 2 unspecified atom stereocenters. The molecule has 1 saturated heterocycles. The average Bonchev–Trinajstić information content (AvgIpc) is 3.30. The number of pyridine rings is 1. The monoisotopic (exact) mass is 437 g/mol. The van der Waals surface area contributed by atoms with Crippen LogP contribution in [-0.4, -0.2) is 43.5 Å². The summed E-state index contributed by atoms with van der Waals surface area (Å²) in [5.41, 5.74) is 3.86. The van der Waals surface area contributed by atoms with Gasteiger partial charge in [0.2, 0.25) is 0 Å². The van der Waals surface area contributed by atoms with Gasteiger partial charge in [-0.1, -0.05) is 59.8 Å². The zero-order valence-electron chi connectivity index (χ0n) is 18.0. The van der Waals surface area contributed by atoms with Crippen molar-refractivity contribution in [1.82, 2.24) is 24.5 Å². The van der Waals surface area contributed by atoms with E-state index in [0.29, 0.717) is 31.0 Å². The van der Waals surface area contributed by atoms with Gasteiger partial charge >= 0.3 is 0 Å². The van der Waals surface area contributed by atoms with E-state index in [0.717, 1.165) is 23.4 Å². The summed E-state index contributed by atoms with van der Waals surface area (Å²) >= 11 is 0. The van der Waals surface area contributed by atoms with E-state index in [2.05, 4.69) is 10.3 Å². The van der Waals surface area contributed by atoms with Gasteiger partial charge in [-0.25, -0.2) is 4.68 Å². The number of hydrogen-bond donors (Lipinski definition) is 0. The van der Waals surface area contributed by atoms with Crippen molar-refractivity contribution in [2.24, 2.45) is 5.92 Å². The number of amides is 1. The highest BCUT2D eigenvalue weighted by molar-refractivity contribution is 5.98. The number of nitrogens with zero attached hydrogens (tertiary/aromatic N) is 5. The molecule has 1 fully saturated rings. The molecule has 2 atom stereocenters. The molecule has 2 aliphatic rings. The third-order valence-electron chi connectivity index (χ3n) is 6.69. The first-order valence-electron chi connectivity index (χ1n) is 11.2. The van der Waals surface area contributed by atoms with Crippen LogP contribution in [0, 0.1) is 5.92 Å². The lowest BCUT2D eigenvalue weighted by Crippen LogP contribution is -2.49. The number of likely N-dealkylation sites (tertiary alicyclic amines) is 1. The maximum atomic E-state index is 13.8. The van der Waals surface area contributed by atoms with Gasteiger partial charge in [-0.2, -0.15) is 0 Å². The minimum absolute atomic E-state index is 0.0409. The van der Waals surface area contributed by atoms with Crippen LogP contribution in [0.5, 0.6) is 0 Å². The Morgan fingerprint density at radius 2 is 1.61 bits per heavy atom. The summed E-state index contributed by atoms with van der Waals surface area (Å²) in [6, 6.07) is 25.0. The molecule has 164 valence electrons. The summed E-state index contributed by atoms with van der Waals surface area (Å²) in [4.78, 5) is 28.0. The molecule has 0 spiro atoms. The quantitative estimate of drug-likeness (QED) is 0.493. The van der Waals surface area contributed by atoms with Crippen LogP contribution in [0.3, 0.4) is 0 Å². The second-order valence-electron chi connectivity index (χ2n) is 8.81. The number of carbonyl (C=O) groups is 1. The van der Waals surface area contributed by atoms with Crippen LogP contribution in [0.25, 0.3) is 16.9 Å². The standard InChI is InChI=1S/C26H23N5O2/c32-23-13-7-12-22-20-14-18(16-30(22)23)15-29(17-20)26(33)24-25(19-8-3-1-4-9-19)31(28-27-24)21-10-5-2-6-11-21/h1-13,18,20H,14-17H2. The maximum Gasteiger partial charge on any atom is 0.276 e. The van der Waals surface area contributed by atoms with Gasteiger partial charge in [-0.15, -0.1) is 5.10 Å². The molecule has 7 heteroatoms. The summed E-state index contributed by atoms with van der Waals surface area (Å²) in [6.45, 7) is 1.84. The van der Waals surface area contributed by atoms with Gasteiger partial charge in [0.1, 0.15) is 5.69 Å². The van der Waals surface area contributed by atoms with E-state index in [9.17, 15) is 9.59 Å². The van der Waals surface area contributed by atoms with E-state index in [1.54, 1.807) is 10.7 Å². The summed E-state index contributed by atoms with van der Waals surface area (Å²) in [7, 11) is 0. The molecular weight excluding hydrogens is 414 g/mol. The van der Waals surface area contributed by atoms with Crippen molar-refractivity contribution >= 4 is 5.91 Å². The minimum atomic E-state index is -0.113. The van der Waals surface area contributed by atoms with Crippen molar-refractivity contribution in [3.05, 3.63) is 101 Å². The van der Waals surface area contributed by atoms with Crippen LogP contribution in [0.4, 0.5) is 0 Å². The fraction of sp³-hybridized carbons (Fsp3) is 0.231. The van der Waals surface area contributed by atoms with Crippen LogP contribution in [-0.2, 0) is 6.54 Å². The number of aromatic nitrogens is 4. The average molecular weight is 438 g/mol. The molecule has 2 aliphatic heterocycles. The first kappa shape index (κ1) is 19.7. The minimum Gasteiger partial charge on any atom is -0.336 e. The summed E-state index contributed by atoms with van der Waals surface area (Å²) in [5.74, 6) is 0.293. The molecule has 0 aliphatic carbocycles. The number of carbonyl (C=O) groups excluding carboxylic acids is 1. The third kappa shape index (κ3) is 3.36. The topological polar surface area (TPSA) is 73.0 Å². The third-order valence-corrected chi connectivity index (χ3v) is 6.69. The van der Waals surface area contributed by atoms with Gasteiger partial charge in [-0.05, 0) is 30.5 Å². The molecule has 2 bridgehead atoms. The zero-order chi connectivity index (χ0) is 22.4. The predicted octanol–water partition coefficient (Wildman–Crippen LogP) is 3.36. The first-order chi connectivity index (χ1) is 16.2. The highest BCUT2D eigenvalue weighted by Gasteiger charge is 2.38. The van der Waals surface area contributed by atoms with Crippen LogP contribution in [0.1, 0.15) is 28.5 Å². The van der Waals surface area contributed by atoms with E-state index in [1.807, 2.05) is 82.3 Å². The van der Waals surface area contributed by atoms with Crippen LogP contribution >= 0.6 is 0 Å². The SMILES string of the molecule is O=C(c1nnn(-c2ccccc2)c1-c1ccccc1)N1CC2CC(C1)c1cccc(=O)n1C2. The molecule has 6 rings (SSSR count). The Hall–Kier alpha value is -4.00. The highest BCUT2D eigenvalue weighted by atomic mass is 16.2. The van der Waals surface area contributed by atoms with Gasteiger partial charge in [0.25, 0.3) is 11.5 Å². The van der Waals surface area contributed by atoms with Gasteiger partial charge < -0.3 is 9.47 Å². The molecule has 0 radical (unpaired) electrons. The number of rotatable bonds is 3. The van der Waals surface area contributed by atoms with E-state index in [-0.39, 0.29) is 23.3 Å². The molecule has 2 aromatic carbocycles. The maximum absolute atomic E-state index is 13.8. The molecule has 0 saturated carbocycles. The molecular formula is C26H23N5O2. The lowest BCUT2D eigenvalue weighted by Gasteiger charge is -2.42. The summed E-state index contributed by atoms with van der Waals surface area (Å²) in [6.07, 6.45) is 0.996. The number of para-hydroxylation sites is 1. The lowest BCUT2D eigenvalue weighted by atomic mass is 9.83. The van der Waals surface area contributed by atoms with Crippen molar-refractivity contribution in [3.8, 4) is 16.9 Å². The molecule has 2 aromatic heterocycles. The predicted molar refractivity (Wildman–Crippen MR) is 124 cm³/mol. The first-order valence-corrected chi connectivity index (χ1v) is 11.2. The number of hydrogen-bond acceptors (Lipinski definition) is 4. The Balaban J connectivity index is 1.39. The van der Waals surface area contributed by atoms with Gasteiger partial charge in [0.15, 0.2) is 5.69 Å². The second kappa shape index (κ2) is 7.85. The summed E-state index contributed by atoms with van der Waals surface area (Å²) in [5, 5.41) is 8.74. The number of benzene rings is 2. The number of fused-ring (bicyclic) bond motifs is 4. The number of piperidine rings is 1. The molecule has 1 amide bonds. The fourth-order valence-corrected chi connectivity index (χ4v) is 5.24. The van der Waals surface area contributed by atoms with Crippen molar-refractivity contribution in [1.29, 1.82) is 0 Å². The molecule has 0 N–H and O–H groups in total. The second-order valence-corrected chi connectivity index (χ2v) is 8.81. The smallest absolute Gasteiger partial charge is 0.276 e. The Kier molecular flexibility index (Phi) is 4.68. The fourth-order valence-electron chi connectivity index (χ4n) is 5.24. The molecule has 33 heavy (non-hydrogen) atoms. The van der Waals surface area contributed by atoms with E-state index >= 15 is 0 Å². The molecule has 4 aromatic rings. The summed E-state index contributed by atoms with van der Waals surface area (Å²) < 4.78 is 3.62. The van der Waals surface area contributed by atoms with E-state index in [4.69, 9.17) is 0 Å². The van der Waals surface area contributed by atoms with Gasteiger partial charge in [0.05, 0.1) is 5.69 Å². The van der Waals surface area contributed by atoms with Crippen molar-refractivity contribution in [2.75, 3.05) is 13.1 Å². The Labute approximate surface area is 190 Å². The van der Waals surface area contributed by atoms with Crippen LogP contribution in [0.15, 0.2) is 83.7 Å². The van der Waals surface area contributed by atoms with Crippen molar-refractivity contribution in [2.45, 2.75) is 18.9 Å². The highest BCUT2D eigenvalue weighted by Crippen LogP contribution is 2.36. The van der Waals surface area contributed by atoms with E-state index < -0.39 is 0 Å². The zero-order valence-corrected chi connectivity index (χ0v) is 18.0.